The zero-order valence-electron chi connectivity index (χ0n) is 10.3. The molecule has 1 aromatic rings. The van der Waals surface area contributed by atoms with Gasteiger partial charge >= 0.3 is 0 Å². The Morgan fingerprint density at radius 2 is 1.83 bits per heavy atom. The third-order valence-corrected chi connectivity index (χ3v) is 3.06. The molecule has 0 saturated carbocycles. The van der Waals surface area contributed by atoms with Crippen LogP contribution < -0.4 is 4.74 Å². The smallest absolute Gasteiger partial charge is 0.119 e. The van der Waals surface area contributed by atoms with Crippen LogP contribution >= 0.6 is 24.0 Å². The maximum absolute atomic E-state index is 5.80. The highest BCUT2D eigenvalue weighted by atomic mass is 35.5. The van der Waals surface area contributed by atoms with E-state index >= 15 is 0 Å². The standard InChI is InChI=1S/C13H18ClNO2.ClH/c14-12-2-4-13(5-3-12)17-9-1-6-15-7-10-16-11-8-15;/h2-5H,1,6-11H2;1H. The van der Waals surface area contributed by atoms with Crippen molar-refractivity contribution < 1.29 is 9.47 Å². The first-order chi connectivity index (χ1) is 8.34. The van der Waals surface area contributed by atoms with Crippen LogP contribution in [0.25, 0.3) is 0 Å². The van der Waals surface area contributed by atoms with E-state index in [0.717, 1.165) is 56.6 Å². The van der Waals surface area contributed by atoms with E-state index in [-0.39, 0.29) is 12.4 Å². The second kappa shape index (κ2) is 8.59. The normalized spacial score (nSPS) is 16.1. The molecular formula is C13H19Cl2NO2. The van der Waals surface area contributed by atoms with Gasteiger partial charge in [-0.2, -0.15) is 0 Å². The topological polar surface area (TPSA) is 21.7 Å². The molecule has 1 aliphatic rings. The average Bonchev–Trinajstić information content (AvgIpc) is 2.38. The lowest BCUT2D eigenvalue weighted by atomic mass is 10.3. The Morgan fingerprint density at radius 3 is 2.50 bits per heavy atom. The fourth-order valence-electron chi connectivity index (χ4n) is 1.83. The van der Waals surface area contributed by atoms with Crippen molar-refractivity contribution in [3.63, 3.8) is 0 Å². The minimum Gasteiger partial charge on any atom is -0.494 e. The van der Waals surface area contributed by atoms with Crippen LogP contribution in [0.4, 0.5) is 0 Å². The Balaban J connectivity index is 0.00000162. The molecule has 0 radical (unpaired) electrons. The Hall–Kier alpha value is -0.480. The molecule has 0 bridgehead atoms. The molecule has 0 unspecified atom stereocenters. The van der Waals surface area contributed by atoms with E-state index in [4.69, 9.17) is 21.1 Å². The highest BCUT2D eigenvalue weighted by molar-refractivity contribution is 6.30. The molecular weight excluding hydrogens is 273 g/mol. The number of rotatable bonds is 5. The summed E-state index contributed by atoms with van der Waals surface area (Å²) in [6.45, 7) is 5.63. The Labute approximate surface area is 119 Å². The first-order valence-electron chi connectivity index (χ1n) is 6.03. The van der Waals surface area contributed by atoms with Crippen LogP contribution in [-0.2, 0) is 4.74 Å². The summed E-state index contributed by atoms with van der Waals surface area (Å²) in [5, 5.41) is 0.741. The number of halogens is 2. The van der Waals surface area contributed by atoms with Crippen LogP contribution in [0.15, 0.2) is 24.3 Å². The average molecular weight is 292 g/mol. The van der Waals surface area contributed by atoms with Gasteiger partial charge in [-0.1, -0.05) is 11.6 Å². The summed E-state index contributed by atoms with van der Waals surface area (Å²) < 4.78 is 10.9. The van der Waals surface area contributed by atoms with Gasteiger partial charge in [0.1, 0.15) is 5.75 Å². The van der Waals surface area contributed by atoms with Gasteiger partial charge in [0, 0.05) is 24.7 Å². The lowest BCUT2D eigenvalue weighted by molar-refractivity contribution is 0.0358. The lowest BCUT2D eigenvalue weighted by Gasteiger charge is -2.26. The predicted octanol–water partition coefficient (Wildman–Crippen LogP) is 2.86. The number of hydrogen-bond donors (Lipinski definition) is 0. The quantitative estimate of drug-likeness (QED) is 0.779. The number of benzene rings is 1. The van der Waals surface area contributed by atoms with Crippen molar-refractivity contribution in [3.8, 4) is 5.75 Å². The van der Waals surface area contributed by atoms with Gasteiger partial charge in [-0.3, -0.25) is 4.90 Å². The minimum atomic E-state index is 0. The predicted molar refractivity (Wildman–Crippen MR) is 76.1 cm³/mol. The summed E-state index contributed by atoms with van der Waals surface area (Å²) >= 11 is 5.80. The van der Waals surface area contributed by atoms with Gasteiger partial charge in [0.15, 0.2) is 0 Å². The molecule has 0 amide bonds. The van der Waals surface area contributed by atoms with E-state index in [1.807, 2.05) is 24.3 Å². The zero-order chi connectivity index (χ0) is 11.9. The van der Waals surface area contributed by atoms with E-state index in [9.17, 15) is 0 Å². The van der Waals surface area contributed by atoms with Crippen LogP contribution in [0.1, 0.15) is 6.42 Å². The van der Waals surface area contributed by atoms with Crippen LogP contribution in [0.3, 0.4) is 0 Å². The molecule has 1 aromatic carbocycles. The number of nitrogens with zero attached hydrogens (tertiary/aromatic N) is 1. The summed E-state index contributed by atoms with van der Waals surface area (Å²) in [7, 11) is 0. The van der Waals surface area contributed by atoms with Gasteiger partial charge in [0.05, 0.1) is 19.8 Å². The summed E-state index contributed by atoms with van der Waals surface area (Å²) in [6, 6.07) is 7.49. The Kier molecular flexibility index (Phi) is 7.44. The first kappa shape index (κ1) is 15.6. The first-order valence-corrected chi connectivity index (χ1v) is 6.41. The molecule has 0 atom stereocenters. The molecule has 0 aromatic heterocycles. The van der Waals surface area contributed by atoms with Crippen molar-refractivity contribution in [1.82, 2.24) is 4.90 Å². The highest BCUT2D eigenvalue weighted by Crippen LogP contribution is 2.15. The monoisotopic (exact) mass is 291 g/mol. The molecule has 1 heterocycles. The summed E-state index contributed by atoms with van der Waals surface area (Å²) in [5.41, 5.74) is 0. The van der Waals surface area contributed by atoms with Crippen molar-refractivity contribution in [2.24, 2.45) is 0 Å². The SMILES string of the molecule is Cl.Clc1ccc(OCCCN2CCOCC2)cc1. The van der Waals surface area contributed by atoms with Gasteiger partial charge in [-0.15, -0.1) is 12.4 Å². The van der Waals surface area contributed by atoms with Crippen LogP contribution in [0, 0.1) is 0 Å². The van der Waals surface area contributed by atoms with E-state index in [2.05, 4.69) is 4.90 Å². The maximum atomic E-state index is 5.80. The molecule has 1 fully saturated rings. The van der Waals surface area contributed by atoms with Crippen LogP contribution in [-0.4, -0.2) is 44.4 Å². The number of morpholine rings is 1. The third-order valence-electron chi connectivity index (χ3n) is 2.80. The van der Waals surface area contributed by atoms with Crippen LogP contribution in [0.5, 0.6) is 5.75 Å². The van der Waals surface area contributed by atoms with Gasteiger partial charge in [-0.05, 0) is 30.7 Å². The molecule has 18 heavy (non-hydrogen) atoms. The van der Waals surface area contributed by atoms with Gasteiger partial charge in [0.2, 0.25) is 0 Å². The van der Waals surface area contributed by atoms with Crippen molar-refractivity contribution in [2.45, 2.75) is 6.42 Å². The lowest BCUT2D eigenvalue weighted by Crippen LogP contribution is -2.37. The van der Waals surface area contributed by atoms with E-state index in [0.29, 0.717) is 0 Å². The van der Waals surface area contributed by atoms with E-state index in [1.54, 1.807) is 0 Å². The number of hydrogen-bond acceptors (Lipinski definition) is 3. The Morgan fingerprint density at radius 1 is 1.17 bits per heavy atom. The second-order valence-electron chi connectivity index (χ2n) is 4.11. The summed E-state index contributed by atoms with van der Waals surface area (Å²) in [5.74, 6) is 0.886. The van der Waals surface area contributed by atoms with Gasteiger partial charge in [-0.25, -0.2) is 0 Å². The molecule has 1 saturated heterocycles. The van der Waals surface area contributed by atoms with Crippen molar-refractivity contribution in [1.29, 1.82) is 0 Å². The van der Waals surface area contributed by atoms with E-state index in [1.165, 1.54) is 0 Å². The molecule has 5 heteroatoms. The third kappa shape index (κ3) is 5.44. The fraction of sp³-hybridized carbons (Fsp3) is 0.538. The van der Waals surface area contributed by atoms with Gasteiger partial charge in [0.25, 0.3) is 0 Å². The Bertz CT molecular complexity index is 326. The maximum Gasteiger partial charge on any atom is 0.119 e. The molecule has 3 nitrogen and oxygen atoms in total. The molecule has 0 spiro atoms. The molecule has 1 aliphatic heterocycles. The fourth-order valence-corrected chi connectivity index (χ4v) is 1.96. The van der Waals surface area contributed by atoms with Crippen molar-refractivity contribution in [2.75, 3.05) is 39.5 Å². The largest absolute Gasteiger partial charge is 0.494 e. The molecule has 0 N–H and O–H groups in total. The summed E-state index contributed by atoms with van der Waals surface area (Å²) in [6.07, 6.45) is 1.04. The van der Waals surface area contributed by atoms with Gasteiger partial charge < -0.3 is 9.47 Å². The molecule has 102 valence electrons. The highest BCUT2D eigenvalue weighted by Gasteiger charge is 2.09. The zero-order valence-corrected chi connectivity index (χ0v) is 11.9. The molecule has 0 aliphatic carbocycles. The van der Waals surface area contributed by atoms with Crippen molar-refractivity contribution in [3.05, 3.63) is 29.3 Å². The van der Waals surface area contributed by atoms with Crippen LogP contribution in [0.2, 0.25) is 5.02 Å². The molecule has 2 rings (SSSR count). The summed E-state index contributed by atoms with van der Waals surface area (Å²) in [4.78, 5) is 2.41. The van der Waals surface area contributed by atoms with Crippen molar-refractivity contribution >= 4 is 24.0 Å². The van der Waals surface area contributed by atoms with E-state index < -0.39 is 0 Å². The second-order valence-corrected chi connectivity index (χ2v) is 4.55. The minimum absolute atomic E-state index is 0. The number of ether oxygens (including phenoxy) is 2.